The maximum absolute atomic E-state index is 12.0. The van der Waals surface area contributed by atoms with E-state index in [2.05, 4.69) is 39.6 Å². The van der Waals surface area contributed by atoms with Crippen LogP contribution in [0.15, 0.2) is 4.60 Å². The van der Waals surface area contributed by atoms with Gasteiger partial charge in [0.1, 0.15) is 10.2 Å². The summed E-state index contributed by atoms with van der Waals surface area (Å²) in [7, 11) is 0. The van der Waals surface area contributed by atoms with Crippen LogP contribution in [-0.2, 0) is 4.74 Å². The van der Waals surface area contributed by atoms with Crippen LogP contribution in [0.1, 0.15) is 64.8 Å². The van der Waals surface area contributed by atoms with Crippen molar-refractivity contribution in [3.8, 4) is 0 Å². The fraction of sp³-hybridized carbons (Fsp3) is 0.778. The lowest BCUT2D eigenvalue weighted by molar-refractivity contribution is -0.0931. The van der Waals surface area contributed by atoms with E-state index in [4.69, 9.17) is 4.74 Å². The van der Waals surface area contributed by atoms with Crippen LogP contribution in [-0.4, -0.2) is 39.5 Å². The summed E-state index contributed by atoms with van der Waals surface area (Å²) in [6, 6.07) is 0.464. The van der Waals surface area contributed by atoms with Crippen molar-refractivity contribution in [2.45, 2.75) is 73.0 Å². The first-order valence-corrected chi connectivity index (χ1v) is 9.59. The first-order valence-electron chi connectivity index (χ1n) is 8.79. The molecule has 0 N–H and O–H groups in total. The number of amides is 1. The van der Waals surface area contributed by atoms with Crippen molar-refractivity contribution in [2.24, 2.45) is 5.41 Å². The van der Waals surface area contributed by atoms with E-state index in [0.29, 0.717) is 11.5 Å². The highest BCUT2D eigenvalue weighted by Crippen LogP contribution is 2.54. The molecule has 0 atom stereocenters. The topological polar surface area (TPSA) is 47.4 Å². The van der Waals surface area contributed by atoms with Gasteiger partial charge in [0.25, 0.3) is 0 Å². The fourth-order valence-electron chi connectivity index (χ4n) is 3.51. The summed E-state index contributed by atoms with van der Waals surface area (Å²) in [6.45, 7) is 15.6. The van der Waals surface area contributed by atoms with Gasteiger partial charge >= 0.3 is 6.09 Å². The molecule has 1 amide bonds. The summed E-state index contributed by atoms with van der Waals surface area (Å²) in [5.74, 6) is 0. The van der Waals surface area contributed by atoms with Gasteiger partial charge in [0.2, 0.25) is 0 Å². The van der Waals surface area contributed by atoms with Gasteiger partial charge in [-0.15, -0.1) is 0 Å². The van der Waals surface area contributed by atoms with Crippen molar-refractivity contribution in [1.29, 1.82) is 0 Å². The largest absolute Gasteiger partial charge is 0.444 e. The number of ether oxygens (including phenoxy) is 1. The monoisotopic (exact) mass is 399 g/mol. The Morgan fingerprint density at radius 3 is 2.21 bits per heavy atom. The van der Waals surface area contributed by atoms with Gasteiger partial charge in [-0.2, -0.15) is 5.10 Å². The smallest absolute Gasteiger partial charge is 0.410 e. The van der Waals surface area contributed by atoms with Gasteiger partial charge < -0.3 is 9.64 Å². The lowest BCUT2D eigenvalue weighted by Crippen LogP contribution is -2.64. The molecular formula is C18H30BrN3O2. The maximum Gasteiger partial charge on any atom is 0.410 e. The van der Waals surface area contributed by atoms with Crippen LogP contribution in [0.4, 0.5) is 4.79 Å². The standard InChI is InChI=1S/C16H24BrN3O2.C2H6/c1-10-11(2)20(18-13(10)17)12-6-16(7-12)8-19(9-16)14(21)22-15(3,4)5;1-2/h12H,6-9H2,1-5H3;1-2H3. The van der Waals surface area contributed by atoms with Crippen LogP contribution in [0, 0.1) is 19.3 Å². The minimum absolute atomic E-state index is 0.185. The maximum atomic E-state index is 12.0. The van der Waals surface area contributed by atoms with E-state index in [1.54, 1.807) is 0 Å². The summed E-state index contributed by atoms with van der Waals surface area (Å²) < 4.78 is 8.50. The number of carbonyl (C=O) groups is 1. The average Bonchev–Trinajstić information content (AvgIpc) is 2.64. The van der Waals surface area contributed by atoms with Crippen molar-refractivity contribution >= 4 is 22.0 Å². The summed E-state index contributed by atoms with van der Waals surface area (Å²) in [4.78, 5) is 13.8. The van der Waals surface area contributed by atoms with Crippen LogP contribution in [0.2, 0.25) is 0 Å². The predicted octanol–water partition coefficient (Wildman–Crippen LogP) is 4.86. The summed E-state index contributed by atoms with van der Waals surface area (Å²) >= 11 is 3.50. The molecule has 2 aliphatic rings. The zero-order valence-electron chi connectivity index (χ0n) is 15.9. The quantitative estimate of drug-likeness (QED) is 0.676. The molecule has 0 aromatic carbocycles. The van der Waals surface area contributed by atoms with E-state index in [0.717, 1.165) is 30.5 Å². The Hall–Kier alpha value is -1.04. The molecule has 0 unspecified atom stereocenters. The Labute approximate surface area is 153 Å². The Kier molecular flexibility index (Phi) is 5.38. The summed E-state index contributed by atoms with van der Waals surface area (Å²) in [5.41, 5.74) is 2.32. The van der Waals surface area contributed by atoms with Gasteiger partial charge in [0, 0.05) is 29.8 Å². The number of aromatic nitrogens is 2. The SMILES string of the molecule is CC.Cc1c(Br)nn(C2CC3(C2)CN(C(=O)OC(C)(C)C)C3)c1C. The molecule has 1 saturated heterocycles. The molecule has 0 radical (unpaired) electrons. The molecule has 1 aromatic rings. The van der Waals surface area contributed by atoms with Crippen LogP contribution < -0.4 is 0 Å². The van der Waals surface area contributed by atoms with Crippen LogP contribution in [0.5, 0.6) is 0 Å². The Bertz CT molecular complexity index is 605. The zero-order valence-corrected chi connectivity index (χ0v) is 17.5. The first kappa shape index (κ1) is 19.3. The second-order valence-electron chi connectivity index (χ2n) is 7.84. The molecule has 2 fully saturated rings. The van der Waals surface area contributed by atoms with Crippen molar-refractivity contribution < 1.29 is 9.53 Å². The van der Waals surface area contributed by atoms with Crippen molar-refractivity contribution in [1.82, 2.24) is 14.7 Å². The first-order chi connectivity index (χ1) is 11.1. The third-order valence-electron chi connectivity index (χ3n) is 4.78. The predicted molar refractivity (Wildman–Crippen MR) is 99.3 cm³/mol. The third-order valence-corrected chi connectivity index (χ3v) is 5.53. The highest BCUT2D eigenvalue weighted by molar-refractivity contribution is 9.10. The van der Waals surface area contributed by atoms with E-state index < -0.39 is 5.60 Å². The second kappa shape index (κ2) is 6.70. The van der Waals surface area contributed by atoms with Gasteiger partial charge in [-0.25, -0.2) is 4.79 Å². The zero-order chi connectivity index (χ0) is 18.3. The van der Waals surface area contributed by atoms with Gasteiger partial charge in [-0.05, 0) is 63.4 Å². The molecule has 5 nitrogen and oxygen atoms in total. The number of nitrogens with zero attached hydrogens (tertiary/aromatic N) is 3. The van der Waals surface area contributed by atoms with E-state index >= 15 is 0 Å². The van der Waals surface area contributed by atoms with Crippen LogP contribution in [0.3, 0.4) is 0 Å². The molecule has 1 saturated carbocycles. The summed E-state index contributed by atoms with van der Waals surface area (Å²) in [6.07, 6.45) is 2.01. The van der Waals surface area contributed by atoms with E-state index in [-0.39, 0.29) is 6.09 Å². The van der Waals surface area contributed by atoms with E-state index in [1.807, 2.05) is 39.5 Å². The lowest BCUT2D eigenvalue weighted by Gasteiger charge is -2.58. The normalized spacial score (nSPS) is 19.2. The molecule has 136 valence electrons. The fourth-order valence-corrected chi connectivity index (χ4v) is 3.97. The molecule has 1 aromatic heterocycles. The minimum atomic E-state index is -0.419. The number of hydrogen-bond acceptors (Lipinski definition) is 3. The van der Waals surface area contributed by atoms with Gasteiger partial charge in [-0.1, -0.05) is 13.8 Å². The Morgan fingerprint density at radius 2 is 1.79 bits per heavy atom. The number of likely N-dealkylation sites (tertiary alicyclic amines) is 1. The van der Waals surface area contributed by atoms with Crippen molar-refractivity contribution in [3.63, 3.8) is 0 Å². The molecule has 1 aliphatic heterocycles. The van der Waals surface area contributed by atoms with Crippen LogP contribution >= 0.6 is 15.9 Å². The molecule has 24 heavy (non-hydrogen) atoms. The molecule has 6 heteroatoms. The number of hydrogen-bond donors (Lipinski definition) is 0. The molecule has 1 spiro atoms. The second-order valence-corrected chi connectivity index (χ2v) is 8.60. The molecule has 3 rings (SSSR count). The Morgan fingerprint density at radius 1 is 1.25 bits per heavy atom. The lowest BCUT2D eigenvalue weighted by atomic mass is 9.61. The highest BCUT2D eigenvalue weighted by atomic mass is 79.9. The molecular weight excluding hydrogens is 370 g/mol. The summed E-state index contributed by atoms with van der Waals surface area (Å²) in [5, 5.41) is 4.59. The van der Waals surface area contributed by atoms with E-state index in [1.165, 1.54) is 11.3 Å². The van der Waals surface area contributed by atoms with Crippen molar-refractivity contribution in [3.05, 3.63) is 15.9 Å². The number of rotatable bonds is 1. The number of halogens is 1. The van der Waals surface area contributed by atoms with Crippen LogP contribution in [0.25, 0.3) is 0 Å². The molecule has 2 heterocycles. The average molecular weight is 400 g/mol. The van der Waals surface area contributed by atoms with E-state index in [9.17, 15) is 4.79 Å². The molecule has 1 aliphatic carbocycles. The van der Waals surface area contributed by atoms with Gasteiger partial charge in [0.15, 0.2) is 0 Å². The minimum Gasteiger partial charge on any atom is -0.444 e. The third kappa shape index (κ3) is 3.63. The highest BCUT2D eigenvalue weighted by Gasteiger charge is 2.55. The van der Waals surface area contributed by atoms with Crippen molar-refractivity contribution in [2.75, 3.05) is 13.1 Å². The van der Waals surface area contributed by atoms with Gasteiger partial charge in [0.05, 0.1) is 6.04 Å². The Balaban J connectivity index is 0.00000100. The van der Waals surface area contributed by atoms with Gasteiger partial charge in [-0.3, -0.25) is 4.68 Å². The molecule has 0 bridgehead atoms. The number of carbonyl (C=O) groups excluding carboxylic acids is 1.